The Kier molecular flexibility index (Phi) is 4.48. The van der Waals surface area contributed by atoms with Gasteiger partial charge in [-0.25, -0.2) is 0 Å². The number of nitrogens with one attached hydrogen (secondary N) is 1. The molecule has 2 aromatic heterocycles. The maximum Gasteiger partial charge on any atom is 0.0700 e. The Labute approximate surface area is 160 Å². The van der Waals surface area contributed by atoms with Crippen molar-refractivity contribution in [1.82, 2.24) is 24.9 Å². The third kappa shape index (κ3) is 2.98. The van der Waals surface area contributed by atoms with Crippen molar-refractivity contribution in [3.63, 3.8) is 0 Å². The van der Waals surface area contributed by atoms with Gasteiger partial charge in [0.2, 0.25) is 0 Å². The molecule has 142 valence electrons. The third-order valence-corrected chi connectivity index (χ3v) is 6.41. The Bertz CT molecular complexity index is 925. The largest absolute Gasteiger partial charge is 0.317 e. The molecule has 3 aromatic rings. The summed E-state index contributed by atoms with van der Waals surface area (Å²) in [6.45, 7) is 4.37. The van der Waals surface area contributed by atoms with Crippen molar-refractivity contribution in [2.45, 2.75) is 64.0 Å². The second-order valence-corrected chi connectivity index (χ2v) is 8.06. The summed E-state index contributed by atoms with van der Waals surface area (Å²) in [4.78, 5) is 0. The Morgan fingerprint density at radius 2 is 1.78 bits per heavy atom. The Hall–Kier alpha value is -2.14. The zero-order valence-electron chi connectivity index (χ0n) is 16.2. The molecule has 0 atom stereocenters. The molecule has 0 bridgehead atoms. The molecule has 0 spiro atoms. The summed E-state index contributed by atoms with van der Waals surface area (Å²) in [5.41, 5.74) is 5.03. The highest BCUT2D eigenvalue weighted by molar-refractivity contribution is 5.86. The van der Waals surface area contributed by atoms with Crippen LogP contribution in [0, 0.1) is 0 Å². The van der Waals surface area contributed by atoms with Crippen LogP contribution in [0.15, 0.2) is 30.5 Å². The van der Waals surface area contributed by atoms with Gasteiger partial charge in [0.05, 0.1) is 29.0 Å². The molecule has 2 aliphatic rings. The maximum atomic E-state index is 5.01. The van der Waals surface area contributed by atoms with E-state index in [0.29, 0.717) is 12.1 Å². The van der Waals surface area contributed by atoms with Gasteiger partial charge < -0.3 is 5.32 Å². The predicted octanol–water partition coefficient (Wildman–Crippen LogP) is 4.50. The van der Waals surface area contributed by atoms with E-state index in [-0.39, 0.29) is 0 Å². The fraction of sp³-hybridized carbons (Fsp3) is 0.545. The topological polar surface area (TPSA) is 47.7 Å². The van der Waals surface area contributed by atoms with E-state index in [0.717, 1.165) is 32.4 Å². The molecule has 1 saturated heterocycles. The number of nitrogens with zero attached hydrogens (tertiary/aromatic N) is 4. The van der Waals surface area contributed by atoms with Crippen LogP contribution in [-0.4, -0.2) is 32.7 Å². The average Bonchev–Trinajstić information content (AvgIpc) is 3.46. The highest BCUT2D eigenvalue weighted by Gasteiger charge is 2.23. The van der Waals surface area contributed by atoms with Crippen molar-refractivity contribution >= 4 is 10.9 Å². The number of aryl methyl sites for hydroxylation is 1. The van der Waals surface area contributed by atoms with Gasteiger partial charge in [0.1, 0.15) is 0 Å². The molecule has 0 radical (unpaired) electrons. The van der Waals surface area contributed by atoms with Crippen LogP contribution in [0.25, 0.3) is 22.2 Å². The van der Waals surface area contributed by atoms with Crippen molar-refractivity contribution < 1.29 is 0 Å². The van der Waals surface area contributed by atoms with Crippen molar-refractivity contribution in [3.05, 3.63) is 36.2 Å². The maximum absolute atomic E-state index is 5.01. The second-order valence-electron chi connectivity index (χ2n) is 8.06. The van der Waals surface area contributed by atoms with E-state index in [9.17, 15) is 0 Å². The van der Waals surface area contributed by atoms with Gasteiger partial charge in [0.25, 0.3) is 0 Å². The van der Waals surface area contributed by atoms with Gasteiger partial charge >= 0.3 is 0 Å². The number of hydrogen-bond acceptors (Lipinski definition) is 3. The number of benzene rings is 1. The van der Waals surface area contributed by atoms with Crippen LogP contribution in [0.2, 0.25) is 0 Å². The first kappa shape index (κ1) is 17.0. The summed E-state index contributed by atoms with van der Waals surface area (Å²) in [6.07, 6.45) is 10.4. The van der Waals surface area contributed by atoms with Crippen LogP contribution in [0.1, 0.15) is 63.2 Å². The normalized spacial score (nSPS) is 19.3. The molecule has 0 unspecified atom stereocenters. The molecule has 5 heteroatoms. The van der Waals surface area contributed by atoms with Crippen molar-refractivity contribution in [2.75, 3.05) is 13.1 Å². The Morgan fingerprint density at radius 3 is 2.56 bits per heavy atom. The van der Waals surface area contributed by atoms with Crippen LogP contribution >= 0.6 is 0 Å². The molecule has 2 fully saturated rings. The van der Waals surface area contributed by atoms with E-state index < -0.39 is 0 Å². The zero-order valence-corrected chi connectivity index (χ0v) is 16.2. The minimum absolute atomic E-state index is 0.498. The van der Waals surface area contributed by atoms with Crippen LogP contribution in [0.4, 0.5) is 0 Å². The molecule has 3 heterocycles. The monoisotopic (exact) mass is 363 g/mol. The molecule has 1 aliphatic heterocycles. The lowest BCUT2D eigenvalue weighted by atomic mass is 10.0. The highest BCUT2D eigenvalue weighted by atomic mass is 15.3. The summed E-state index contributed by atoms with van der Waals surface area (Å²) in [5, 5.41) is 14.5. The summed E-state index contributed by atoms with van der Waals surface area (Å²) < 4.78 is 4.58. The standard InChI is InChI=1S/C22H29N5/c1-2-20-19-8-7-16(15-22(19)27(25-20)17-5-3-4-6-17)21-11-14-24-26(21)18-9-12-23-13-10-18/h7-8,11,14-15,17-18,23H,2-6,9-10,12-13H2,1H3. The molecular weight excluding hydrogens is 334 g/mol. The molecule has 1 saturated carbocycles. The lowest BCUT2D eigenvalue weighted by Crippen LogP contribution is -2.30. The van der Waals surface area contributed by atoms with E-state index in [1.807, 2.05) is 6.20 Å². The van der Waals surface area contributed by atoms with Crippen molar-refractivity contribution in [1.29, 1.82) is 0 Å². The fourth-order valence-corrected chi connectivity index (χ4v) is 4.94. The molecule has 1 aromatic carbocycles. The first-order valence-electron chi connectivity index (χ1n) is 10.6. The van der Waals surface area contributed by atoms with Gasteiger partial charge in [0, 0.05) is 17.1 Å². The Morgan fingerprint density at radius 1 is 1.00 bits per heavy atom. The number of fused-ring (bicyclic) bond motifs is 1. The van der Waals surface area contributed by atoms with E-state index in [1.54, 1.807) is 0 Å². The van der Waals surface area contributed by atoms with Crippen LogP contribution in [0.3, 0.4) is 0 Å². The SMILES string of the molecule is CCc1nn(C2CCCC2)c2cc(-c3ccnn3C3CCNCC3)ccc12. The number of hydrogen-bond donors (Lipinski definition) is 1. The summed E-state index contributed by atoms with van der Waals surface area (Å²) in [5.74, 6) is 0. The fourth-order valence-electron chi connectivity index (χ4n) is 4.94. The molecule has 1 aliphatic carbocycles. The first-order chi connectivity index (χ1) is 13.3. The minimum Gasteiger partial charge on any atom is -0.317 e. The smallest absolute Gasteiger partial charge is 0.0700 e. The summed E-state index contributed by atoms with van der Waals surface area (Å²) in [6, 6.07) is 10.1. The van der Waals surface area contributed by atoms with Crippen molar-refractivity contribution in [3.8, 4) is 11.3 Å². The number of piperidine rings is 1. The molecule has 5 nitrogen and oxygen atoms in total. The van der Waals surface area contributed by atoms with Gasteiger partial charge in [-0.05, 0) is 57.3 Å². The Balaban J connectivity index is 1.59. The lowest BCUT2D eigenvalue weighted by Gasteiger charge is -2.25. The molecule has 27 heavy (non-hydrogen) atoms. The number of aromatic nitrogens is 4. The number of rotatable bonds is 4. The van der Waals surface area contributed by atoms with Crippen molar-refractivity contribution in [2.24, 2.45) is 0 Å². The minimum atomic E-state index is 0.498. The third-order valence-electron chi connectivity index (χ3n) is 6.41. The zero-order chi connectivity index (χ0) is 18.2. The second kappa shape index (κ2) is 7.12. The molecule has 0 amide bonds. The van der Waals surface area contributed by atoms with E-state index >= 15 is 0 Å². The lowest BCUT2D eigenvalue weighted by molar-refractivity contribution is 0.346. The van der Waals surface area contributed by atoms with Gasteiger partial charge in [-0.2, -0.15) is 10.2 Å². The van der Waals surface area contributed by atoms with Gasteiger partial charge in [-0.15, -0.1) is 0 Å². The first-order valence-corrected chi connectivity index (χ1v) is 10.6. The van der Waals surface area contributed by atoms with Crippen LogP contribution in [0.5, 0.6) is 0 Å². The predicted molar refractivity (Wildman–Crippen MR) is 109 cm³/mol. The molecule has 5 rings (SSSR count). The average molecular weight is 364 g/mol. The van der Waals surface area contributed by atoms with E-state index in [1.165, 1.54) is 53.5 Å². The van der Waals surface area contributed by atoms with Gasteiger partial charge in [0.15, 0.2) is 0 Å². The summed E-state index contributed by atoms with van der Waals surface area (Å²) >= 11 is 0. The van der Waals surface area contributed by atoms with Crippen LogP contribution in [-0.2, 0) is 6.42 Å². The van der Waals surface area contributed by atoms with Gasteiger partial charge in [-0.3, -0.25) is 9.36 Å². The molecule has 1 N–H and O–H groups in total. The quantitative estimate of drug-likeness (QED) is 0.742. The summed E-state index contributed by atoms with van der Waals surface area (Å²) in [7, 11) is 0. The van der Waals surface area contributed by atoms with Crippen LogP contribution < -0.4 is 5.32 Å². The van der Waals surface area contributed by atoms with E-state index in [2.05, 4.69) is 51.0 Å². The van der Waals surface area contributed by atoms with E-state index in [4.69, 9.17) is 5.10 Å². The molecular formula is C22H29N5. The highest BCUT2D eigenvalue weighted by Crippen LogP contribution is 2.35. The van der Waals surface area contributed by atoms with Gasteiger partial charge in [-0.1, -0.05) is 31.9 Å².